The lowest BCUT2D eigenvalue weighted by molar-refractivity contribution is 0.0748. The molecule has 0 unspecified atom stereocenters. The molecule has 1 aliphatic carbocycles. The van der Waals surface area contributed by atoms with Crippen molar-refractivity contribution in [2.24, 2.45) is 5.41 Å². The van der Waals surface area contributed by atoms with Gasteiger partial charge >= 0.3 is 0 Å². The second kappa shape index (κ2) is 3.96. The molecule has 1 saturated carbocycles. The summed E-state index contributed by atoms with van der Waals surface area (Å²) < 4.78 is 0. The van der Waals surface area contributed by atoms with Crippen molar-refractivity contribution in [2.45, 2.75) is 19.3 Å². The van der Waals surface area contributed by atoms with Crippen molar-refractivity contribution in [3.63, 3.8) is 0 Å². The Hall–Kier alpha value is -2.14. The van der Waals surface area contributed by atoms with Gasteiger partial charge in [-0.15, -0.1) is 0 Å². The number of hydrogen-bond acceptors (Lipinski definition) is 2. The fraction of sp³-hybridized carbons (Fsp3) is 0.250. The molecular formula is C16H13NO. The van der Waals surface area contributed by atoms with Gasteiger partial charge in [0, 0.05) is 5.56 Å². The third kappa shape index (κ3) is 1.52. The molecule has 1 aliphatic rings. The Bertz CT molecular complexity index is 662. The number of benzene rings is 2. The summed E-state index contributed by atoms with van der Waals surface area (Å²) in [5, 5.41) is 11.4. The second-order valence-corrected chi connectivity index (χ2v) is 4.94. The summed E-state index contributed by atoms with van der Waals surface area (Å²) in [5.74, 6) is -0.0120. The van der Waals surface area contributed by atoms with E-state index in [1.807, 2.05) is 42.5 Å². The largest absolute Gasteiger partial charge is 0.292 e. The van der Waals surface area contributed by atoms with Gasteiger partial charge in [-0.2, -0.15) is 5.26 Å². The minimum atomic E-state index is -0.748. The molecule has 0 atom stereocenters. The molecule has 0 N–H and O–H groups in total. The molecule has 0 bridgehead atoms. The van der Waals surface area contributed by atoms with Crippen molar-refractivity contribution in [3.05, 3.63) is 48.0 Å². The molecule has 2 nitrogen and oxygen atoms in total. The van der Waals surface area contributed by atoms with Crippen molar-refractivity contribution in [2.75, 3.05) is 0 Å². The van der Waals surface area contributed by atoms with Crippen molar-refractivity contribution in [1.29, 1.82) is 5.26 Å². The number of fused-ring (bicyclic) bond motifs is 1. The van der Waals surface area contributed by atoms with E-state index >= 15 is 0 Å². The van der Waals surface area contributed by atoms with Crippen LogP contribution in [0.1, 0.15) is 29.6 Å². The van der Waals surface area contributed by atoms with Crippen LogP contribution in [0.2, 0.25) is 0 Å². The number of hydrogen-bond donors (Lipinski definition) is 0. The van der Waals surface area contributed by atoms with Gasteiger partial charge in [-0.3, -0.25) is 4.79 Å². The van der Waals surface area contributed by atoms with Crippen molar-refractivity contribution in [1.82, 2.24) is 0 Å². The zero-order valence-corrected chi connectivity index (χ0v) is 10.0. The van der Waals surface area contributed by atoms with Crippen LogP contribution in [0.5, 0.6) is 0 Å². The average molecular weight is 235 g/mol. The Labute approximate surface area is 106 Å². The van der Waals surface area contributed by atoms with E-state index in [2.05, 4.69) is 6.07 Å². The number of ketones is 1. The number of nitrogens with zero attached hydrogens (tertiary/aromatic N) is 1. The van der Waals surface area contributed by atoms with Crippen LogP contribution in [0.3, 0.4) is 0 Å². The van der Waals surface area contributed by atoms with Gasteiger partial charge in [0.25, 0.3) is 0 Å². The molecular weight excluding hydrogens is 222 g/mol. The maximum atomic E-state index is 12.4. The standard InChI is InChI=1S/C16H13NO/c17-11-16(8-3-9-16)15(18)14-7-6-12-4-1-2-5-13(12)10-14/h1-2,4-7,10H,3,8-9H2. The molecule has 0 spiro atoms. The third-order valence-electron chi connectivity index (χ3n) is 3.87. The first-order valence-corrected chi connectivity index (χ1v) is 6.20. The SMILES string of the molecule is N#CC1(C(=O)c2ccc3ccccc3c2)CCC1. The highest BCUT2D eigenvalue weighted by Crippen LogP contribution is 2.43. The van der Waals surface area contributed by atoms with Gasteiger partial charge < -0.3 is 0 Å². The van der Waals surface area contributed by atoms with E-state index in [0.29, 0.717) is 18.4 Å². The topological polar surface area (TPSA) is 40.9 Å². The van der Waals surface area contributed by atoms with E-state index in [1.165, 1.54) is 0 Å². The first-order chi connectivity index (χ1) is 8.75. The van der Waals surface area contributed by atoms with E-state index in [0.717, 1.165) is 17.2 Å². The summed E-state index contributed by atoms with van der Waals surface area (Å²) in [7, 11) is 0. The zero-order valence-electron chi connectivity index (χ0n) is 10.0. The summed E-state index contributed by atoms with van der Waals surface area (Å²) in [6, 6.07) is 15.8. The number of Topliss-reactive ketones (excluding diaryl/α,β-unsaturated/α-hetero) is 1. The van der Waals surface area contributed by atoms with Crippen molar-refractivity contribution >= 4 is 16.6 Å². The van der Waals surface area contributed by atoms with Crippen LogP contribution < -0.4 is 0 Å². The fourth-order valence-electron chi connectivity index (χ4n) is 2.53. The lowest BCUT2D eigenvalue weighted by atomic mass is 9.65. The van der Waals surface area contributed by atoms with E-state index in [1.54, 1.807) is 0 Å². The predicted octanol–water partition coefficient (Wildman–Crippen LogP) is 3.72. The maximum absolute atomic E-state index is 12.4. The van der Waals surface area contributed by atoms with E-state index < -0.39 is 5.41 Å². The van der Waals surface area contributed by atoms with Crippen LogP contribution in [0.4, 0.5) is 0 Å². The van der Waals surface area contributed by atoms with E-state index in [9.17, 15) is 10.1 Å². The lowest BCUT2D eigenvalue weighted by Crippen LogP contribution is -2.36. The number of carbonyl (C=O) groups is 1. The van der Waals surface area contributed by atoms with Gasteiger partial charge in [-0.05, 0) is 36.1 Å². The Kier molecular flexibility index (Phi) is 2.41. The molecule has 0 aromatic heterocycles. The van der Waals surface area contributed by atoms with Crippen LogP contribution in [0, 0.1) is 16.7 Å². The van der Waals surface area contributed by atoms with Gasteiger partial charge in [0.15, 0.2) is 5.78 Å². The number of rotatable bonds is 2. The molecule has 0 heterocycles. The summed E-state index contributed by atoms with van der Waals surface area (Å²) in [6.07, 6.45) is 2.39. The molecule has 88 valence electrons. The quantitative estimate of drug-likeness (QED) is 0.744. The number of carbonyl (C=O) groups excluding carboxylic acids is 1. The summed E-state index contributed by atoms with van der Waals surface area (Å²) in [4.78, 5) is 12.4. The maximum Gasteiger partial charge on any atom is 0.183 e. The summed E-state index contributed by atoms with van der Waals surface area (Å²) in [6.45, 7) is 0. The van der Waals surface area contributed by atoms with Gasteiger partial charge in [-0.25, -0.2) is 0 Å². The predicted molar refractivity (Wildman–Crippen MR) is 70.2 cm³/mol. The zero-order chi connectivity index (χ0) is 12.6. The molecule has 2 aromatic rings. The number of nitriles is 1. The van der Waals surface area contributed by atoms with Crippen molar-refractivity contribution in [3.8, 4) is 6.07 Å². The molecule has 0 amide bonds. The Morgan fingerprint density at radius 3 is 2.44 bits per heavy atom. The Morgan fingerprint density at radius 2 is 1.83 bits per heavy atom. The normalized spacial score (nSPS) is 16.8. The van der Waals surface area contributed by atoms with Gasteiger partial charge in [0.1, 0.15) is 5.41 Å². The van der Waals surface area contributed by atoms with E-state index in [4.69, 9.17) is 0 Å². The van der Waals surface area contributed by atoms with Crippen LogP contribution in [-0.4, -0.2) is 5.78 Å². The van der Waals surface area contributed by atoms with Gasteiger partial charge in [0.05, 0.1) is 6.07 Å². The van der Waals surface area contributed by atoms with Crippen LogP contribution in [0.25, 0.3) is 10.8 Å². The molecule has 18 heavy (non-hydrogen) atoms. The van der Waals surface area contributed by atoms with Crippen LogP contribution in [-0.2, 0) is 0 Å². The molecule has 2 heteroatoms. The minimum absolute atomic E-state index is 0.0120. The Morgan fingerprint density at radius 1 is 1.11 bits per heavy atom. The van der Waals surface area contributed by atoms with Crippen LogP contribution >= 0.6 is 0 Å². The molecule has 3 rings (SSSR count). The molecule has 0 aliphatic heterocycles. The molecule has 0 radical (unpaired) electrons. The molecule has 2 aromatic carbocycles. The first kappa shape index (κ1) is 11.0. The second-order valence-electron chi connectivity index (χ2n) is 4.94. The highest BCUT2D eigenvalue weighted by atomic mass is 16.1. The summed E-state index contributed by atoms with van der Waals surface area (Å²) >= 11 is 0. The molecule has 1 fully saturated rings. The highest BCUT2D eigenvalue weighted by Gasteiger charge is 2.44. The first-order valence-electron chi connectivity index (χ1n) is 6.20. The third-order valence-corrected chi connectivity index (χ3v) is 3.87. The monoisotopic (exact) mass is 235 g/mol. The fourth-order valence-corrected chi connectivity index (χ4v) is 2.53. The average Bonchev–Trinajstić information content (AvgIpc) is 2.37. The smallest absolute Gasteiger partial charge is 0.183 e. The minimum Gasteiger partial charge on any atom is -0.292 e. The lowest BCUT2D eigenvalue weighted by Gasteiger charge is -2.33. The Balaban J connectivity index is 2.05. The van der Waals surface area contributed by atoms with E-state index in [-0.39, 0.29) is 5.78 Å². The molecule has 0 saturated heterocycles. The van der Waals surface area contributed by atoms with Gasteiger partial charge in [-0.1, -0.05) is 36.4 Å². The summed E-state index contributed by atoms with van der Waals surface area (Å²) in [5.41, 5.74) is -0.0856. The highest BCUT2D eigenvalue weighted by molar-refractivity contribution is 6.05. The van der Waals surface area contributed by atoms with Crippen LogP contribution in [0.15, 0.2) is 42.5 Å². The van der Waals surface area contributed by atoms with Gasteiger partial charge in [0.2, 0.25) is 0 Å². The van der Waals surface area contributed by atoms with Crippen molar-refractivity contribution < 1.29 is 4.79 Å².